The lowest BCUT2D eigenvalue weighted by Crippen LogP contribution is -2.46. The molecule has 19 heavy (non-hydrogen) atoms. The van der Waals surface area contributed by atoms with E-state index in [1.165, 1.54) is 0 Å². The standard InChI is InChI=1S/C13H20N4O2/c1-8-4-5-15-13(11(8)12(14)16-18)17-6-9(2)19-10(3)7-17/h4-5,9-10,18H,6-7H2,1-3H3,(H2,14,16). The van der Waals surface area contributed by atoms with Crippen molar-refractivity contribution in [3.8, 4) is 0 Å². The molecule has 2 rings (SSSR count). The summed E-state index contributed by atoms with van der Waals surface area (Å²) in [6, 6.07) is 1.85. The van der Waals surface area contributed by atoms with Gasteiger partial charge in [0.2, 0.25) is 0 Å². The summed E-state index contributed by atoms with van der Waals surface area (Å²) in [7, 11) is 0. The second-order valence-electron chi connectivity index (χ2n) is 4.97. The van der Waals surface area contributed by atoms with Gasteiger partial charge in [-0.05, 0) is 32.4 Å². The van der Waals surface area contributed by atoms with Gasteiger partial charge in [0.1, 0.15) is 5.82 Å². The molecule has 0 radical (unpaired) electrons. The number of nitrogens with two attached hydrogens (primary N) is 1. The summed E-state index contributed by atoms with van der Waals surface area (Å²) < 4.78 is 5.71. The van der Waals surface area contributed by atoms with Gasteiger partial charge in [-0.15, -0.1) is 0 Å². The van der Waals surface area contributed by atoms with Gasteiger partial charge in [0.05, 0.1) is 17.8 Å². The van der Waals surface area contributed by atoms with Gasteiger partial charge >= 0.3 is 0 Å². The van der Waals surface area contributed by atoms with Crippen molar-refractivity contribution >= 4 is 11.7 Å². The first kappa shape index (κ1) is 13.6. The minimum Gasteiger partial charge on any atom is -0.409 e. The maximum Gasteiger partial charge on any atom is 0.174 e. The molecule has 0 aromatic carbocycles. The molecule has 104 valence electrons. The summed E-state index contributed by atoms with van der Waals surface area (Å²) in [6.45, 7) is 7.47. The first-order valence-corrected chi connectivity index (χ1v) is 6.36. The summed E-state index contributed by atoms with van der Waals surface area (Å²) in [5.41, 5.74) is 7.40. The SMILES string of the molecule is Cc1ccnc(N2CC(C)OC(C)C2)c1/C(N)=N/O. The number of nitrogens with zero attached hydrogens (tertiary/aromatic N) is 3. The molecule has 1 aliphatic heterocycles. The van der Waals surface area contributed by atoms with Gasteiger partial charge in [-0.25, -0.2) is 4.98 Å². The highest BCUT2D eigenvalue weighted by Crippen LogP contribution is 2.24. The number of hydrogen-bond acceptors (Lipinski definition) is 5. The molecule has 1 fully saturated rings. The quantitative estimate of drug-likeness (QED) is 0.361. The molecule has 1 saturated heterocycles. The molecule has 1 aromatic heterocycles. The molecular weight excluding hydrogens is 244 g/mol. The summed E-state index contributed by atoms with van der Waals surface area (Å²) in [5, 5.41) is 12.0. The number of oxime groups is 1. The highest BCUT2D eigenvalue weighted by atomic mass is 16.5. The number of ether oxygens (including phenoxy) is 1. The van der Waals surface area contributed by atoms with E-state index in [-0.39, 0.29) is 18.0 Å². The van der Waals surface area contributed by atoms with Crippen molar-refractivity contribution in [2.75, 3.05) is 18.0 Å². The van der Waals surface area contributed by atoms with Gasteiger partial charge in [0, 0.05) is 19.3 Å². The molecule has 2 heterocycles. The lowest BCUT2D eigenvalue weighted by atomic mass is 10.1. The third kappa shape index (κ3) is 2.78. The monoisotopic (exact) mass is 264 g/mol. The Bertz CT molecular complexity index is 480. The van der Waals surface area contributed by atoms with Crippen molar-refractivity contribution in [2.24, 2.45) is 10.9 Å². The van der Waals surface area contributed by atoms with Crippen LogP contribution in [0.1, 0.15) is 25.0 Å². The second-order valence-corrected chi connectivity index (χ2v) is 4.97. The van der Waals surface area contributed by atoms with E-state index in [9.17, 15) is 0 Å². The van der Waals surface area contributed by atoms with Crippen LogP contribution in [0.2, 0.25) is 0 Å². The summed E-state index contributed by atoms with van der Waals surface area (Å²) in [4.78, 5) is 6.52. The Kier molecular flexibility index (Phi) is 3.90. The third-order valence-electron chi connectivity index (χ3n) is 3.22. The van der Waals surface area contributed by atoms with Gasteiger partial charge in [0.15, 0.2) is 5.84 Å². The molecule has 1 aliphatic rings. The normalized spacial score (nSPS) is 24.6. The number of hydrogen-bond donors (Lipinski definition) is 2. The molecule has 2 unspecified atom stereocenters. The average Bonchev–Trinajstić information content (AvgIpc) is 2.36. The summed E-state index contributed by atoms with van der Waals surface area (Å²) >= 11 is 0. The van der Waals surface area contributed by atoms with Crippen molar-refractivity contribution in [1.29, 1.82) is 0 Å². The molecule has 1 aromatic rings. The Hall–Kier alpha value is -1.82. The van der Waals surface area contributed by atoms with Crippen molar-refractivity contribution < 1.29 is 9.94 Å². The van der Waals surface area contributed by atoms with Crippen molar-refractivity contribution in [3.05, 3.63) is 23.4 Å². The van der Waals surface area contributed by atoms with Crippen molar-refractivity contribution in [3.63, 3.8) is 0 Å². The fraction of sp³-hybridized carbons (Fsp3) is 0.538. The zero-order valence-corrected chi connectivity index (χ0v) is 11.5. The number of aromatic nitrogens is 1. The van der Waals surface area contributed by atoms with Crippen molar-refractivity contribution in [1.82, 2.24) is 4.98 Å². The predicted octanol–water partition coefficient (Wildman–Crippen LogP) is 1.10. The van der Waals surface area contributed by atoms with Gasteiger partial charge in [-0.3, -0.25) is 0 Å². The second kappa shape index (κ2) is 5.44. The van der Waals surface area contributed by atoms with Crippen LogP contribution in [0.15, 0.2) is 17.4 Å². The molecule has 6 nitrogen and oxygen atoms in total. The van der Waals surface area contributed by atoms with Crippen LogP contribution in [0.25, 0.3) is 0 Å². The Morgan fingerprint density at radius 2 is 2.11 bits per heavy atom. The molecule has 2 atom stereocenters. The van der Waals surface area contributed by atoms with Crippen LogP contribution in [-0.2, 0) is 4.74 Å². The lowest BCUT2D eigenvalue weighted by molar-refractivity contribution is -0.00547. The van der Waals surface area contributed by atoms with Crippen LogP contribution in [0.3, 0.4) is 0 Å². The molecule has 0 aliphatic carbocycles. The molecule has 0 bridgehead atoms. The van der Waals surface area contributed by atoms with Gasteiger partial charge in [0.25, 0.3) is 0 Å². The van der Waals surface area contributed by atoms with Crippen LogP contribution in [-0.4, -0.2) is 41.3 Å². The van der Waals surface area contributed by atoms with Crippen LogP contribution in [0.4, 0.5) is 5.82 Å². The van der Waals surface area contributed by atoms with Gasteiger partial charge < -0.3 is 20.6 Å². The zero-order chi connectivity index (χ0) is 14.0. The molecule has 0 amide bonds. The molecule has 0 spiro atoms. The first-order chi connectivity index (χ1) is 9.02. The lowest BCUT2D eigenvalue weighted by Gasteiger charge is -2.37. The van der Waals surface area contributed by atoms with E-state index in [2.05, 4.69) is 15.0 Å². The first-order valence-electron chi connectivity index (χ1n) is 6.36. The zero-order valence-electron chi connectivity index (χ0n) is 11.5. The van der Waals surface area contributed by atoms with E-state index < -0.39 is 0 Å². The van der Waals surface area contributed by atoms with Gasteiger partial charge in [-0.2, -0.15) is 0 Å². The number of amidine groups is 1. The Labute approximate surface area is 112 Å². The van der Waals surface area contributed by atoms with E-state index in [0.29, 0.717) is 5.56 Å². The number of anilines is 1. The van der Waals surface area contributed by atoms with Crippen LogP contribution >= 0.6 is 0 Å². The van der Waals surface area contributed by atoms with E-state index in [1.54, 1.807) is 6.20 Å². The summed E-state index contributed by atoms with van der Waals surface area (Å²) in [6.07, 6.45) is 2.00. The topological polar surface area (TPSA) is 84.0 Å². The van der Waals surface area contributed by atoms with Crippen LogP contribution in [0.5, 0.6) is 0 Å². The number of rotatable bonds is 2. The van der Waals surface area contributed by atoms with Crippen molar-refractivity contribution in [2.45, 2.75) is 33.0 Å². The Morgan fingerprint density at radius 1 is 1.47 bits per heavy atom. The van der Waals surface area contributed by atoms with E-state index in [1.807, 2.05) is 26.8 Å². The smallest absolute Gasteiger partial charge is 0.174 e. The van der Waals surface area contributed by atoms with E-state index >= 15 is 0 Å². The summed E-state index contributed by atoms with van der Waals surface area (Å²) in [5.74, 6) is 0.838. The fourth-order valence-corrected chi connectivity index (χ4v) is 2.50. The van der Waals surface area contributed by atoms with E-state index in [0.717, 1.165) is 24.5 Å². The molecule has 0 saturated carbocycles. The van der Waals surface area contributed by atoms with Gasteiger partial charge in [-0.1, -0.05) is 5.16 Å². The Morgan fingerprint density at radius 3 is 2.68 bits per heavy atom. The highest BCUT2D eigenvalue weighted by molar-refractivity contribution is 6.02. The molecular formula is C13H20N4O2. The molecule has 3 N–H and O–H groups in total. The maximum atomic E-state index is 8.93. The number of morpholine rings is 1. The van der Waals surface area contributed by atoms with E-state index in [4.69, 9.17) is 15.7 Å². The number of pyridine rings is 1. The highest BCUT2D eigenvalue weighted by Gasteiger charge is 2.26. The third-order valence-corrected chi connectivity index (χ3v) is 3.22. The van der Waals surface area contributed by atoms with Crippen LogP contribution in [0, 0.1) is 6.92 Å². The molecule has 6 heteroatoms. The average molecular weight is 264 g/mol. The number of aryl methyl sites for hydroxylation is 1. The maximum absolute atomic E-state index is 8.93. The predicted molar refractivity (Wildman–Crippen MR) is 73.7 cm³/mol. The minimum absolute atomic E-state index is 0.0902. The Balaban J connectivity index is 2.41. The fourth-order valence-electron chi connectivity index (χ4n) is 2.50. The largest absolute Gasteiger partial charge is 0.409 e. The minimum atomic E-state index is 0.0902. The van der Waals surface area contributed by atoms with Crippen LogP contribution < -0.4 is 10.6 Å².